The predicted molar refractivity (Wildman–Crippen MR) is 214 cm³/mol. The number of halogens is 1. The normalized spacial score (nSPS) is 15.9. The molecule has 55 heavy (non-hydrogen) atoms. The molecule has 1 aliphatic rings. The zero-order chi connectivity index (χ0) is 39.7. The van der Waals surface area contributed by atoms with Crippen molar-refractivity contribution >= 4 is 55.2 Å². The molecule has 0 aromatic heterocycles. The van der Waals surface area contributed by atoms with Crippen LogP contribution in [0.2, 0.25) is 0 Å². The molecular weight excluding hydrogens is 790 g/mol. The molecule has 0 spiro atoms. The van der Waals surface area contributed by atoms with Gasteiger partial charge < -0.3 is 21.3 Å². The van der Waals surface area contributed by atoms with Crippen molar-refractivity contribution in [2.75, 3.05) is 23.9 Å². The molecule has 290 valence electrons. The number of nitro groups is 1. The summed E-state index contributed by atoms with van der Waals surface area (Å²) in [5.41, 5.74) is 2.80. The molecule has 0 aliphatic carbocycles. The Morgan fingerprint density at radius 3 is 2.02 bits per heavy atom. The molecule has 1 saturated heterocycles. The van der Waals surface area contributed by atoms with Crippen molar-refractivity contribution in [3.8, 4) is 0 Å². The number of non-ortho nitro benzene ring substituents is 1. The standard InChI is InChI=1S/C39H44BrN7O7S/c1-25(30-12-16-35(17-13-30)47(51)52)43-37(48)27(3)41-24-34(20-28-8-5-4-6-9-28)45-39(50)32-21-31(22-36(23-32)46-19-7-18-42-55(46,53)54)38(49)44-26(2)29-10-14-33(40)15-11-29/h4-6,8-17,21-23,25-27,34,41-42H,7,18-20,24H2,1-3H3,(H,43,48)(H,44,49)(H,45,50)/t25-,26-,27+,34+/m1/s1. The topological polar surface area (TPSA) is 192 Å². The molecule has 14 nitrogen and oxygen atoms in total. The van der Waals surface area contributed by atoms with E-state index in [0.29, 0.717) is 18.4 Å². The molecule has 5 rings (SSSR count). The summed E-state index contributed by atoms with van der Waals surface area (Å²) in [4.78, 5) is 51.4. The number of hydrogen-bond acceptors (Lipinski definition) is 8. The smallest absolute Gasteiger partial charge is 0.301 e. The highest BCUT2D eigenvalue weighted by Crippen LogP contribution is 2.25. The van der Waals surface area contributed by atoms with Crippen LogP contribution in [0.4, 0.5) is 11.4 Å². The third kappa shape index (κ3) is 11.2. The van der Waals surface area contributed by atoms with Crippen LogP contribution in [0.3, 0.4) is 0 Å². The molecule has 0 radical (unpaired) electrons. The summed E-state index contributed by atoms with van der Waals surface area (Å²) in [5.74, 6) is -1.34. The average Bonchev–Trinajstić information content (AvgIpc) is 3.17. The molecule has 3 amide bonds. The summed E-state index contributed by atoms with van der Waals surface area (Å²) >= 11 is 3.42. The predicted octanol–water partition coefficient (Wildman–Crippen LogP) is 5.09. The van der Waals surface area contributed by atoms with Gasteiger partial charge in [0.1, 0.15) is 0 Å². The van der Waals surface area contributed by atoms with E-state index in [-0.39, 0.29) is 54.1 Å². The van der Waals surface area contributed by atoms with Gasteiger partial charge in [0.05, 0.1) is 28.7 Å². The first kappa shape index (κ1) is 41.0. The van der Waals surface area contributed by atoms with Crippen molar-refractivity contribution in [3.63, 3.8) is 0 Å². The Balaban J connectivity index is 1.35. The number of benzene rings is 4. The number of amides is 3. The fourth-order valence-electron chi connectivity index (χ4n) is 6.08. The van der Waals surface area contributed by atoms with Gasteiger partial charge in [-0.1, -0.05) is 70.5 Å². The van der Waals surface area contributed by atoms with Crippen molar-refractivity contribution < 1.29 is 27.7 Å². The molecule has 4 atom stereocenters. The Bertz CT molecular complexity index is 2100. The van der Waals surface area contributed by atoms with Gasteiger partial charge in [0.25, 0.3) is 17.5 Å². The SMILES string of the molecule is C[C@H](NC[C@H](Cc1ccccc1)NC(=O)c1cc(C(=O)N[C@H](C)c2ccc(Br)cc2)cc(N2CCCNS2(=O)=O)c1)C(=O)N[C@H](C)c1ccc([N+](=O)[O-])cc1. The largest absolute Gasteiger partial charge is 0.348 e. The van der Waals surface area contributed by atoms with Crippen molar-refractivity contribution in [3.05, 3.63) is 139 Å². The Morgan fingerprint density at radius 2 is 1.42 bits per heavy atom. The van der Waals surface area contributed by atoms with E-state index < -0.39 is 45.1 Å². The van der Waals surface area contributed by atoms with Crippen LogP contribution in [0.25, 0.3) is 0 Å². The minimum Gasteiger partial charge on any atom is -0.348 e. The van der Waals surface area contributed by atoms with Crippen LogP contribution in [0, 0.1) is 10.1 Å². The van der Waals surface area contributed by atoms with E-state index in [2.05, 4.69) is 41.9 Å². The summed E-state index contributed by atoms with van der Waals surface area (Å²) in [6, 6.07) is 25.3. The molecule has 1 aliphatic heterocycles. The number of nitro benzene ring substituents is 1. The highest BCUT2D eigenvalue weighted by Gasteiger charge is 2.28. The van der Waals surface area contributed by atoms with E-state index >= 15 is 0 Å². The summed E-state index contributed by atoms with van der Waals surface area (Å²) in [6.45, 7) is 5.92. The molecule has 0 unspecified atom stereocenters. The van der Waals surface area contributed by atoms with Gasteiger partial charge in [-0.15, -0.1) is 0 Å². The molecular formula is C39H44BrN7O7S. The Labute approximate surface area is 328 Å². The second kappa shape index (κ2) is 18.4. The van der Waals surface area contributed by atoms with Gasteiger partial charge in [0.15, 0.2) is 0 Å². The van der Waals surface area contributed by atoms with Gasteiger partial charge in [-0.05, 0) is 80.6 Å². The molecule has 5 N–H and O–H groups in total. The lowest BCUT2D eigenvalue weighted by Gasteiger charge is -2.29. The van der Waals surface area contributed by atoms with Crippen molar-refractivity contribution in [2.45, 2.75) is 57.8 Å². The highest BCUT2D eigenvalue weighted by molar-refractivity contribution is 9.10. The lowest BCUT2D eigenvalue weighted by Crippen LogP contribution is -2.50. The summed E-state index contributed by atoms with van der Waals surface area (Å²) < 4.78 is 30.7. The Kier molecular flexibility index (Phi) is 13.8. The Morgan fingerprint density at radius 1 is 0.836 bits per heavy atom. The van der Waals surface area contributed by atoms with Crippen LogP contribution in [-0.4, -0.2) is 62.8 Å². The monoisotopic (exact) mass is 833 g/mol. The number of nitrogens with one attached hydrogen (secondary N) is 5. The average molecular weight is 835 g/mol. The summed E-state index contributed by atoms with van der Waals surface area (Å²) in [5, 5.41) is 23.1. The van der Waals surface area contributed by atoms with Crippen molar-refractivity contribution in [1.29, 1.82) is 0 Å². The van der Waals surface area contributed by atoms with Crippen molar-refractivity contribution in [1.82, 2.24) is 26.0 Å². The first-order chi connectivity index (χ1) is 26.2. The lowest BCUT2D eigenvalue weighted by atomic mass is 10.0. The third-order valence-electron chi connectivity index (χ3n) is 9.25. The highest BCUT2D eigenvalue weighted by atomic mass is 79.9. The van der Waals surface area contributed by atoms with E-state index in [1.165, 1.54) is 30.3 Å². The van der Waals surface area contributed by atoms with Gasteiger partial charge >= 0.3 is 10.2 Å². The van der Waals surface area contributed by atoms with Crippen LogP contribution >= 0.6 is 15.9 Å². The number of carbonyl (C=O) groups is 3. The van der Waals surface area contributed by atoms with Gasteiger partial charge in [-0.2, -0.15) is 13.1 Å². The van der Waals surface area contributed by atoms with Crippen LogP contribution in [0.1, 0.15) is 76.7 Å². The summed E-state index contributed by atoms with van der Waals surface area (Å²) in [7, 11) is -3.91. The number of hydrogen-bond donors (Lipinski definition) is 5. The van der Waals surface area contributed by atoms with Crippen LogP contribution in [-0.2, 0) is 21.4 Å². The number of carbonyl (C=O) groups excluding carboxylic acids is 3. The fraction of sp³-hybridized carbons (Fsp3) is 0.308. The quantitative estimate of drug-likeness (QED) is 0.0808. The lowest BCUT2D eigenvalue weighted by molar-refractivity contribution is -0.384. The third-order valence-corrected chi connectivity index (χ3v) is 11.3. The van der Waals surface area contributed by atoms with Gasteiger partial charge in [0.2, 0.25) is 5.91 Å². The number of nitrogens with zero attached hydrogens (tertiary/aromatic N) is 2. The molecule has 4 aromatic rings. The van der Waals surface area contributed by atoms with Gasteiger partial charge in [-0.25, -0.2) is 0 Å². The molecule has 0 bridgehead atoms. The first-order valence-electron chi connectivity index (χ1n) is 17.8. The van der Waals surface area contributed by atoms with Gasteiger partial charge in [-0.3, -0.25) is 28.8 Å². The zero-order valence-corrected chi connectivity index (χ0v) is 33.0. The molecule has 1 fully saturated rings. The minimum absolute atomic E-state index is 0.0464. The Hall–Kier alpha value is -5.16. The van der Waals surface area contributed by atoms with Crippen molar-refractivity contribution in [2.24, 2.45) is 0 Å². The molecule has 4 aromatic carbocycles. The maximum atomic E-state index is 14.1. The molecule has 0 saturated carbocycles. The minimum atomic E-state index is -3.91. The first-order valence-corrected chi connectivity index (χ1v) is 20.0. The number of rotatable bonds is 15. The van der Waals surface area contributed by atoms with Gasteiger partial charge in [0, 0.05) is 53.4 Å². The zero-order valence-electron chi connectivity index (χ0n) is 30.6. The maximum Gasteiger partial charge on any atom is 0.301 e. The number of anilines is 1. The maximum absolute atomic E-state index is 14.1. The second-order valence-electron chi connectivity index (χ2n) is 13.4. The van der Waals surface area contributed by atoms with Crippen LogP contribution < -0.4 is 30.3 Å². The van der Waals surface area contributed by atoms with E-state index in [1.54, 1.807) is 26.0 Å². The molecule has 16 heteroatoms. The van der Waals surface area contributed by atoms with Crippen LogP contribution in [0.15, 0.2) is 102 Å². The fourth-order valence-corrected chi connectivity index (χ4v) is 7.66. The molecule has 1 heterocycles. The van der Waals surface area contributed by atoms with E-state index in [0.717, 1.165) is 19.9 Å². The summed E-state index contributed by atoms with van der Waals surface area (Å²) in [6.07, 6.45) is 0.927. The van der Waals surface area contributed by atoms with Crippen LogP contribution in [0.5, 0.6) is 0 Å². The van der Waals surface area contributed by atoms with E-state index in [4.69, 9.17) is 0 Å². The van der Waals surface area contributed by atoms with E-state index in [1.807, 2.05) is 61.5 Å². The van der Waals surface area contributed by atoms with E-state index in [9.17, 15) is 32.9 Å². The second-order valence-corrected chi connectivity index (χ2v) is 16.0.